The molecule has 2 atom stereocenters. The van der Waals surface area contributed by atoms with Crippen LogP contribution in [0, 0.1) is 6.92 Å². The molecular weight excluding hydrogens is 404 g/mol. The number of likely N-dealkylation sites (tertiary alicyclic amines) is 1. The molecule has 2 unspecified atom stereocenters. The first-order chi connectivity index (χ1) is 15.3. The molecule has 2 aromatic carbocycles. The predicted octanol–water partition coefficient (Wildman–Crippen LogP) is 3.29. The van der Waals surface area contributed by atoms with Crippen LogP contribution in [0.5, 0.6) is 5.75 Å². The van der Waals surface area contributed by atoms with Gasteiger partial charge in [0.15, 0.2) is 0 Å². The van der Waals surface area contributed by atoms with Crippen molar-refractivity contribution in [2.45, 2.75) is 57.3 Å². The molecule has 3 aliphatic heterocycles. The fourth-order valence-electron chi connectivity index (χ4n) is 5.51. The second-order valence-corrected chi connectivity index (χ2v) is 9.67. The lowest BCUT2D eigenvalue weighted by Crippen LogP contribution is -2.51. The number of aliphatic hydroxyl groups excluding tert-OH is 2. The molecule has 0 radical (unpaired) electrons. The zero-order chi connectivity index (χ0) is 22.5. The van der Waals surface area contributed by atoms with Gasteiger partial charge >= 0.3 is 0 Å². The van der Waals surface area contributed by atoms with Crippen molar-refractivity contribution in [1.29, 1.82) is 0 Å². The van der Waals surface area contributed by atoms with Gasteiger partial charge in [-0.15, -0.1) is 0 Å². The van der Waals surface area contributed by atoms with Crippen LogP contribution in [-0.2, 0) is 11.2 Å². The van der Waals surface area contributed by atoms with Crippen LogP contribution in [-0.4, -0.2) is 52.8 Å². The molecule has 1 saturated heterocycles. The number of aryl methyl sites for hydroxylation is 1. The molecule has 2 aromatic rings. The monoisotopic (exact) mass is 436 g/mol. The summed E-state index contributed by atoms with van der Waals surface area (Å²) in [6.07, 6.45) is 2.07. The number of β-amino-alcohol motifs (C(OH)–C–C–N with tert-alkyl or cyclic N) is 1. The van der Waals surface area contributed by atoms with Crippen LogP contribution in [0.15, 0.2) is 36.4 Å². The van der Waals surface area contributed by atoms with Crippen molar-refractivity contribution in [3.63, 3.8) is 0 Å². The van der Waals surface area contributed by atoms with Gasteiger partial charge in [-0.2, -0.15) is 0 Å². The summed E-state index contributed by atoms with van der Waals surface area (Å²) in [5, 5.41) is 21.6. The highest BCUT2D eigenvalue weighted by atomic mass is 16.5. The maximum atomic E-state index is 11.8. The number of fused-ring (bicyclic) bond motifs is 2. The van der Waals surface area contributed by atoms with E-state index in [1.165, 1.54) is 0 Å². The van der Waals surface area contributed by atoms with E-state index in [1.807, 2.05) is 43.3 Å². The lowest BCUT2D eigenvalue weighted by atomic mass is 9.81. The third kappa shape index (κ3) is 3.91. The normalized spacial score (nSPS) is 22.9. The summed E-state index contributed by atoms with van der Waals surface area (Å²) in [7, 11) is 0. The Morgan fingerprint density at radius 1 is 1.19 bits per heavy atom. The van der Waals surface area contributed by atoms with Gasteiger partial charge < -0.3 is 24.7 Å². The van der Waals surface area contributed by atoms with Crippen LogP contribution in [0.1, 0.15) is 60.6 Å². The summed E-state index contributed by atoms with van der Waals surface area (Å²) in [6.45, 7) is 6.57. The third-order valence-corrected chi connectivity index (χ3v) is 7.38. The molecule has 170 valence electrons. The number of anilines is 1. The van der Waals surface area contributed by atoms with E-state index in [0.29, 0.717) is 19.5 Å². The number of piperidine rings is 1. The molecule has 2 N–H and O–H groups in total. The van der Waals surface area contributed by atoms with Crippen molar-refractivity contribution in [1.82, 2.24) is 4.90 Å². The smallest absolute Gasteiger partial charge is 0.223 e. The molecule has 5 rings (SSSR count). The number of hydrogen-bond acceptors (Lipinski definition) is 5. The lowest BCUT2D eigenvalue weighted by molar-refractivity contribution is -0.116. The van der Waals surface area contributed by atoms with E-state index >= 15 is 0 Å². The Labute approximate surface area is 189 Å². The van der Waals surface area contributed by atoms with Crippen molar-refractivity contribution in [3.8, 4) is 5.75 Å². The highest BCUT2D eigenvalue weighted by Crippen LogP contribution is 2.44. The maximum absolute atomic E-state index is 11.8. The van der Waals surface area contributed by atoms with E-state index < -0.39 is 12.2 Å². The van der Waals surface area contributed by atoms with Crippen molar-refractivity contribution in [2.75, 3.05) is 31.1 Å². The van der Waals surface area contributed by atoms with Gasteiger partial charge in [0.25, 0.3) is 0 Å². The van der Waals surface area contributed by atoms with Crippen LogP contribution in [0.3, 0.4) is 0 Å². The molecule has 0 aromatic heterocycles. The van der Waals surface area contributed by atoms with E-state index in [1.54, 1.807) is 11.8 Å². The number of aliphatic hydroxyl groups is 2. The molecule has 3 heterocycles. The van der Waals surface area contributed by atoms with Crippen molar-refractivity contribution >= 4 is 11.6 Å². The van der Waals surface area contributed by atoms with Gasteiger partial charge in [0.2, 0.25) is 5.91 Å². The minimum absolute atomic E-state index is 0.0621. The number of carbonyl (C=O) groups is 1. The van der Waals surface area contributed by atoms with Crippen LogP contribution >= 0.6 is 0 Å². The first-order valence-corrected chi connectivity index (χ1v) is 11.6. The first kappa shape index (κ1) is 21.4. The average Bonchev–Trinajstić information content (AvgIpc) is 3.20. The molecule has 1 fully saturated rings. The Balaban J connectivity index is 1.21. The average molecular weight is 437 g/mol. The zero-order valence-electron chi connectivity index (χ0n) is 18.9. The molecule has 32 heavy (non-hydrogen) atoms. The number of rotatable bonds is 3. The summed E-state index contributed by atoms with van der Waals surface area (Å²) in [4.78, 5) is 15.8. The van der Waals surface area contributed by atoms with Gasteiger partial charge in [-0.25, -0.2) is 0 Å². The second-order valence-electron chi connectivity index (χ2n) is 9.67. The Bertz CT molecular complexity index is 1030. The summed E-state index contributed by atoms with van der Waals surface area (Å²) < 4.78 is 6.42. The summed E-state index contributed by atoms with van der Waals surface area (Å²) >= 11 is 0. The van der Waals surface area contributed by atoms with Crippen molar-refractivity contribution in [3.05, 3.63) is 58.7 Å². The third-order valence-electron chi connectivity index (χ3n) is 7.38. The van der Waals surface area contributed by atoms with Gasteiger partial charge in [0.05, 0.1) is 12.2 Å². The maximum Gasteiger partial charge on any atom is 0.223 e. The molecule has 1 spiro atoms. The van der Waals surface area contributed by atoms with E-state index in [4.69, 9.17) is 4.74 Å². The fourth-order valence-corrected chi connectivity index (χ4v) is 5.51. The van der Waals surface area contributed by atoms with Gasteiger partial charge in [0, 0.05) is 50.8 Å². The van der Waals surface area contributed by atoms with Crippen LogP contribution < -0.4 is 9.64 Å². The number of hydrogen-bond donors (Lipinski definition) is 2. The number of benzene rings is 2. The number of ether oxygens (including phenoxy) is 1. The van der Waals surface area contributed by atoms with Crippen LogP contribution in [0.25, 0.3) is 0 Å². The van der Waals surface area contributed by atoms with Crippen molar-refractivity contribution in [2.24, 2.45) is 0 Å². The molecule has 1 amide bonds. The molecule has 0 bridgehead atoms. The largest absolute Gasteiger partial charge is 0.487 e. The Morgan fingerprint density at radius 2 is 1.97 bits per heavy atom. The number of nitrogens with zero attached hydrogens (tertiary/aromatic N) is 2. The minimum Gasteiger partial charge on any atom is -0.487 e. The van der Waals surface area contributed by atoms with Gasteiger partial charge in [-0.1, -0.05) is 23.8 Å². The minimum atomic E-state index is -0.567. The molecule has 0 aliphatic carbocycles. The quantitative estimate of drug-likeness (QED) is 0.773. The Hall–Kier alpha value is -2.41. The fraction of sp³-hybridized carbons (Fsp3) is 0.500. The van der Waals surface area contributed by atoms with Crippen LogP contribution in [0.4, 0.5) is 5.69 Å². The molecule has 6 heteroatoms. The van der Waals surface area contributed by atoms with Gasteiger partial charge in [-0.3, -0.25) is 4.79 Å². The van der Waals surface area contributed by atoms with E-state index in [9.17, 15) is 15.0 Å². The molecule has 0 saturated carbocycles. The lowest BCUT2D eigenvalue weighted by Gasteiger charge is -2.46. The SMILES string of the molecule is CC(=O)N1CCc2cc(C(O)CN3CCC4(CC3)CC(O)c3cc(C)ccc3O4)ccc21. The standard InChI is InChI=1S/C26H32N2O4/c1-17-3-6-25-21(13-17)23(30)15-26(32-25)8-11-27(12-9-26)16-24(31)20-4-5-22-19(14-20)7-10-28(22)18(2)29/h3-6,13-14,23-24,30-31H,7-12,15-16H2,1-2H3. The summed E-state index contributed by atoms with van der Waals surface area (Å²) in [5.74, 6) is 0.868. The van der Waals surface area contributed by atoms with E-state index in [0.717, 1.165) is 66.0 Å². The number of amides is 1. The van der Waals surface area contributed by atoms with E-state index in [-0.39, 0.29) is 11.5 Å². The summed E-state index contributed by atoms with van der Waals surface area (Å²) in [5.41, 5.74) is 4.71. The molecule has 3 aliphatic rings. The topological polar surface area (TPSA) is 73.2 Å². The number of carbonyl (C=O) groups excluding carboxylic acids is 1. The zero-order valence-corrected chi connectivity index (χ0v) is 18.9. The molecular formula is C26H32N2O4. The van der Waals surface area contributed by atoms with Gasteiger partial charge in [-0.05, 0) is 55.5 Å². The van der Waals surface area contributed by atoms with Gasteiger partial charge in [0.1, 0.15) is 11.4 Å². The highest BCUT2D eigenvalue weighted by Gasteiger charge is 2.43. The van der Waals surface area contributed by atoms with Crippen LogP contribution in [0.2, 0.25) is 0 Å². The molecule has 6 nitrogen and oxygen atoms in total. The highest BCUT2D eigenvalue weighted by molar-refractivity contribution is 5.93. The second kappa shape index (κ2) is 8.18. The van der Waals surface area contributed by atoms with E-state index in [2.05, 4.69) is 4.90 Å². The van der Waals surface area contributed by atoms with Crippen molar-refractivity contribution < 1.29 is 19.7 Å². The first-order valence-electron chi connectivity index (χ1n) is 11.6. The Morgan fingerprint density at radius 3 is 2.72 bits per heavy atom. The summed E-state index contributed by atoms with van der Waals surface area (Å²) in [6, 6.07) is 12.0. The predicted molar refractivity (Wildman–Crippen MR) is 123 cm³/mol. The Kier molecular flexibility index (Phi) is 5.48.